The minimum Gasteiger partial charge on any atom is -0.207 e. The van der Waals surface area contributed by atoms with Crippen LogP contribution >= 0.6 is 43.5 Å². The van der Waals surface area contributed by atoms with Gasteiger partial charge in [-0.15, -0.1) is 0 Å². The average Bonchev–Trinajstić information content (AvgIpc) is 2.34. The zero-order chi connectivity index (χ0) is 13.8. The molecule has 0 N–H and O–H groups in total. The predicted octanol–water partition coefficient (Wildman–Crippen LogP) is 5.96. The van der Waals surface area contributed by atoms with Gasteiger partial charge in [0, 0.05) is 14.8 Å². The summed E-state index contributed by atoms with van der Waals surface area (Å²) in [5.74, 6) is 0.0520. The van der Waals surface area contributed by atoms with Crippen LogP contribution in [0.4, 0.5) is 4.39 Å². The highest BCUT2D eigenvalue weighted by Crippen LogP contribution is 2.27. The zero-order valence-electron chi connectivity index (χ0n) is 10.0. The maximum absolute atomic E-state index is 13.4. The van der Waals surface area contributed by atoms with Gasteiger partial charge in [-0.2, -0.15) is 0 Å². The van der Waals surface area contributed by atoms with Crippen molar-refractivity contribution in [3.8, 4) is 0 Å². The van der Waals surface area contributed by atoms with Crippen LogP contribution in [0.3, 0.4) is 0 Å². The van der Waals surface area contributed by atoms with Crippen LogP contribution in [0.15, 0.2) is 46.9 Å². The third-order valence-corrected chi connectivity index (χ3v) is 4.39. The molecule has 0 saturated heterocycles. The van der Waals surface area contributed by atoms with E-state index in [9.17, 15) is 4.39 Å². The first-order valence-corrected chi connectivity index (χ1v) is 8.14. The molecule has 2 aromatic rings. The van der Waals surface area contributed by atoms with Crippen molar-refractivity contribution in [2.75, 3.05) is 5.33 Å². The van der Waals surface area contributed by atoms with Crippen LogP contribution in [-0.4, -0.2) is 5.33 Å². The van der Waals surface area contributed by atoms with Gasteiger partial charge in [-0.3, -0.25) is 0 Å². The molecule has 0 bridgehead atoms. The van der Waals surface area contributed by atoms with Gasteiger partial charge in [0.1, 0.15) is 5.82 Å². The van der Waals surface area contributed by atoms with Crippen molar-refractivity contribution in [3.63, 3.8) is 0 Å². The molecule has 0 spiro atoms. The molecular formula is C15H12Br2ClF. The molecule has 0 nitrogen and oxygen atoms in total. The van der Waals surface area contributed by atoms with Crippen LogP contribution in [0.2, 0.25) is 5.02 Å². The monoisotopic (exact) mass is 404 g/mol. The third kappa shape index (κ3) is 4.30. The smallest absolute Gasteiger partial charge is 0.124 e. The van der Waals surface area contributed by atoms with Gasteiger partial charge in [0.05, 0.1) is 0 Å². The fraction of sp³-hybridized carbons (Fsp3) is 0.200. The summed E-state index contributed by atoms with van der Waals surface area (Å²) in [5.41, 5.74) is 2.13. The number of rotatable bonds is 4. The minimum atomic E-state index is -0.219. The van der Waals surface area contributed by atoms with Gasteiger partial charge in [-0.25, -0.2) is 4.39 Å². The number of alkyl halides is 1. The summed E-state index contributed by atoms with van der Waals surface area (Å²) < 4.78 is 14.2. The fourth-order valence-corrected chi connectivity index (χ4v) is 3.35. The van der Waals surface area contributed by atoms with Gasteiger partial charge >= 0.3 is 0 Å². The molecule has 1 atom stereocenters. The highest BCUT2D eigenvalue weighted by atomic mass is 79.9. The first-order chi connectivity index (χ1) is 9.08. The molecule has 4 heteroatoms. The van der Waals surface area contributed by atoms with E-state index in [1.54, 1.807) is 6.07 Å². The molecule has 0 aliphatic rings. The molecule has 0 amide bonds. The van der Waals surface area contributed by atoms with Crippen molar-refractivity contribution >= 4 is 43.5 Å². The summed E-state index contributed by atoms with van der Waals surface area (Å²) >= 11 is 12.9. The van der Waals surface area contributed by atoms with Gasteiger partial charge in [0.2, 0.25) is 0 Å². The lowest BCUT2D eigenvalue weighted by Crippen LogP contribution is -2.05. The molecule has 0 radical (unpaired) electrons. The van der Waals surface area contributed by atoms with Crippen molar-refractivity contribution in [2.45, 2.75) is 12.3 Å². The van der Waals surface area contributed by atoms with Crippen molar-refractivity contribution < 1.29 is 4.39 Å². The first-order valence-electron chi connectivity index (χ1n) is 5.85. The summed E-state index contributed by atoms with van der Waals surface area (Å²) in [6.45, 7) is 0. The number of benzene rings is 2. The van der Waals surface area contributed by atoms with E-state index in [0.29, 0.717) is 0 Å². The van der Waals surface area contributed by atoms with E-state index < -0.39 is 0 Å². The van der Waals surface area contributed by atoms with E-state index in [1.165, 1.54) is 6.07 Å². The predicted molar refractivity (Wildman–Crippen MR) is 85.8 cm³/mol. The summed E-state index contributed by atoms with van der Waals surface area (Å²) in [6.07, 6.45) is 0.766. The lowest BCUT2D eigenvalue weighted by molar-refractivity contribution is 0.622. The lowest BCUT2D eigenvalue weighted by Gasteiger charge is -2.15. The van der Waals surface area contributed by atoms with E-state index >= 15 is 0 Å². The highest BCUT2D eigenvalue weighted by molar-refractivity contribution is 9.10. The molecule has 0 aromatic heterocycles. The Bertz CT molecular complexity index is 552. The SMILES string of the molecule is Fc1cc(Br)cc(CC(CBr)c2cccc(Cl)c2)c1. The fourth-order valence-electron chi connectivity index (χ4n) is 2.04. The van der Waals surface area contributed by atoms with Crippen LogP contribution in [0.1, 0.15) is 17.0 Å². The molecule has 0 fully saturated rings. The van der Waals surface area contributed by atoms with Crippen LogP contribution in [0.25, 0.3) is 0 Å². The van der Waals surface area contributed by atoms with Crippen LogP contribution in [0, 0.1) is 5.82 Å². The van der Waals surface area contributed by atoms with Crippen LogP contribution in [0.5, 0.6) is 0 Å². The molecule has 2 aromatic carbocycles. The van der Waals surface area contributed by atoms with Crippen molar-refractivity contribution in [2.24, 2.45) is 0 Å². The third-order valence-electron chi connectivity index (χ3n) is 2.91. The molecular weight excluding hydrogens is 394 g/mol. The number of halogens is 4. The van der Waals surface area contributed by atoms with Gasteiger partial charge in [-0.05, 0) is 53.8 Å². The summed E-state index contributed by atoms with van der Waals surface area (Å²) in [6, 6.07) is 12.8. The zero-order valence-corrected chi connectivity index (χ0v) is 14.0. The Hall–Kier alpha value is -0.380. The van der Waals surface area contributed by atoms with Crippen molar-refractivity contribution in [1.29, 1.82) is 0 Å². The molecule has 100 valence electrons. The summed E-state index contributed by atoms with van der Waals surface area (Å²) in [5, 5.41) is 1.53. The van der Waals surface area contributed by atoms with E-state index in [2.05, 4.69) is 31.9 Å². The van der Waals surface area contributed by atoms with Crippen LogP contribution < -0.4 is 0 Å². The summed E-state index contributed by atoms with van der Waals surface area (Å²) in [7, 11) is 0. The van der Waals surface area contributed by atoms with Crippen molar-refractivity contribution in [3.05, 3.63) is 68.9 Å². The average molecular weight is 407 g/mol. The summed E-state index contributed by atoms with van der Waals surface area (Å²) in [4.78, 5) is 0. The second-order valence-corrected chi connectivity index (χ2v) is 6.39. The molecule has 2 rings (SSSR count). The van der Waals surface area contributed by atoms with E-state index in [-0.39, 0.29) is 11.7 Å². The van der Waals surface area contributed by atoms with Gasteiger partial charge in [-0.1, -0.05) is 55.6 Å². The second kappa shape index (κ2) is 6.87. The van der Waals surface area contributed by atoms with E-state index in [1.807, 2.05) is 30.3 Å². The molecule has 19 heavy (non-hydrogen) atoms. The molecule has 0 heterocycles. The molecule has 0 aliphatic heterocycles. The lowest BCUT2D eigenvalue weighted by atomic mass is 9.94. The number of hydrogen-bond donors (Lipinski definition) is 0. The number of hydrogen-bond acceptors (Lipinski definition) is 0. The topological polar surface area (TPSA) is 0 Å². The van der Waals surface area contributed by atoms with Gasteiger partial charge < -0.3 is 0 Å². The standard InChI is InChI=1S/C15H12Br2ClF/c16-9-12(11-2-1-3-14(18)7-11)4-10-5-13(17)8-15(19)6-10/h1-3,5-8,12H,4,9H2. The largest absolute Gasteiger partial charge is 0.207 e. The highest BCUT2D eigenvalue weighted by Gasteiger charge is 2.12. The molecule has 0 saturated carbocycles. The van der Waals surface area contributed by atoms with Crippen molar-refractivity contribution in [1.82, 2.24) is 0 Å². The second-order valence-electron chi connectivity index (χ2n) is 4.39. The van der Waals surface area contributed by atoms with Crippen LogP contribution in [-0.2, 0) is 6.42 Å². The van der Waals surface area contributed by atoms with E-state index in [4.69, 9.17) is 11.6 Å². The quantitative estimate of drug-likeness (QED) is 0.550. The van der Waals surface area contributed by atoms with E-state index in [0.717, 1.165) is 32.4 Å². The van der Waals surface area contributed by atoms with Gasteiger partial charge in [0.15, 0.2) is 0 Å². The maximum atomic E-state index is 13.4. The normalized spacial score (nSPS) is 12.4. The Morgan fingerprint density at radius 3 is 2.58 bits per heavy atom. The Morgan fingerprint density at radius 2 is 1.95 bits per heavy atom. The Morgan fingerprint density at radius 1 is 1.16 bits per heavy atom. The molecule has 0 aliphatic carbocycles. The molecule has 1 unspecified atom stereocenters. The Kier molecular flexibility index (Phi) is 5.43. The Labute approximate surface area is 134 Å². The Balaban J connectivity index is 2.23. The first kappa shape index (κ1) is 15.0. The minimum absolute atomic E-state index is 0.219. The van der Waals surface area contributed by atoms with Gasteiger partial charge in [0.25, 0.3) is 0 Å². The maximum Gasteiger partial charge on any atom is 0.124 e.